The van der Waals surface area contributed by atoms with E-state index in [1.807, 2.05) is 31.2 Å². The van der Waals surface area contributed by atoms with Crippen molar-refractivity contribution < 1.29 is 4.79 Å². The summed E-state index contributed by atoms with van der Waals surface area (Å²) in [6.07, 6.45) is 6.20. The maximum absolute atomic E-state index is 12.3. The molecule has 0 bridgehead atoms. The highest BCUT2D eigenvalue weighted by Crippen LogP contribution is 2.31. The summed E-state index contributed by atoms with van der Waals surface area (Å²) in [4.78, 5) is 14.6. The molecule has 0 radical (unpaired) electrons. The summed E-state index contributed by atoms with van der Waals surface area (Å²) < 4.78 is 0. The number of likely N-dealkylation sites (N-methyl/N-ethyl adjacent to an activating group) is 1. The molecule has 1 aromatic rings. The second-order valence-electron chi connectivity index (χ2n) is 6.23. The lowest BCUT2D eigenvalue weighted by atomic mass is 9.80. The summed E-state index contributed by atoms with van der Waals surface area (Å²) >= 11 is 0. The summed E-state index contributed by atoms with van der Waals surface area (Å²) in [5.41, 5.74) is 2.02. The first-order valence-electron chi connectivity index (χ1n) is 7.56. The van der Waals surface area contributed by atoms with Gasteiger partial charge in [0.15, 0.2) is 0 Å². The fourth-order valence-electron chi connectivity index (χ4n) is 3.13. The van der Waals surface area contributed by atoms with E-state index in [1.165, 1.54) is 32.1 Å². The molecule has 118 valence electrons. The molecule has 0 atom stereocenters. The molecule has 3 nitrogen and oxygen atoms in total. The van der Waals surface area contributed by atoms with E-state index in [9.17, 15) is 4.79 Å². The van der Waals surface area contributed by atoms with Gasteiger partial charge in [-0.1, -0.05) is 37.0 Å². The molecule has 1 aliphatic carbocycles. The third-order valence-corrected chi connectivity index (χ3v) is 4.59. The van der Waals surface area contributed by atoms with Gasteiger partial charge in [-0.05, 0) is 46.0 Å². The minimum Gasteiger partial charge on any atom is -0.350 e. The van der Waals surface area contributed by atoms with Crippen LogP contribution >= 0.6 is 12.4 Å². The molecule has 1 N–H and O–H groups in total. The smallest absolute Gasteiger partial charge is 0.251 e. The zero-order valence-corrected chi connectivity index (χ0v) is 14.1. The zero-order chi connectivity index (χ0) is 14.6. The van der Waals surface area contributed by atoms with Crippen LogP contribution < -0.4 is 5.32 Å². The molecule has 4 heteroatoms. The predicted molar refractivity (Wildman–Crippen MR) is 90.3 cm³/mol. The molecule has 21 heavy (non-hydrogen) atoms. The van der Waals surface area contributed by atoms with E-state index in [2.05, 4.69) is 24.3 Å². The van der Waals surface area contributed by atoms with Crippen molar-refractivity contribution in [1.29, 1.82) is 0 Å². The van der Waals surface area contributed by atoms with Crippen molar-refractivity contribution in [2.24, 2.45) is 0 Å². The first kappa shape index (κ1) is 18.0. The van der Waals surface area contributed by atoms with Crippen LogP contribution in [0.1, 0.15) is 48.0 Å². The third kappa shape index (κ3) is 4.45. The highest BCUT2D eigenvalue weighted by molar-refractivity contribution is 5.94. The number of rotatable bonds is 4. The van der Waals surface area contributed by atoms with Crippen LogP contribution in [0.4, 0.5) is 0 Å². The fraction of sp³-hybridized carbons (Fsp3) is 0.588. The summed E-state index contributed by atoms with van der Waals surface area (Å²) in [6, 6.07) is 7.77. The van der Waals surface area contributed by atoms with Crippen molar-refractivity contribution in [3.63, 3.8) is 0 Å². The van der Waals surface area contributed by atoms with Crippen LogP contribution in [0.25, 0.3) is 0 Å². The van der Waals surface area contributed by atoms with Crippen molar-refractivity contribution in [2.45, 2.75) is 44.6 Å². The van der Waals surface area contributed by atoms with Crippen molar-refractivity contribution in [2.75, 3.05) is 20.6 Å². The number of nitrogens with one attached hydrogen (secondary N) is 1. The van der Waals surface area contributed by atoms with Gasteiger partial charge < -0.3 is 10.2 Å². The first-order valence-corrected chi connectivity index (χ1v) is 7.56. The van der Waals surface area contributed by atoms with Crippen molar-refractivity contribution in [3.05, 3.63) is 35.4 Å². The molecule has 1 fully saturated rings. The van der Waals surface area contributed by atoms with Crippen molar-refractivity contribution in [3.8, 4) is 0 Å². The molecule has 0 unspecified atom stereocenters. The van der Waals surface area contributed by atoms with Gasteiger partial charge in [0, 0.05) is 17.6 Å². The lowest BCUT2D eigenvalue weighted by Gasteiger charge is -2.43. The van der Waals surface area contributed by atoms with E-state index in [-0.39, 0.29) is 23.9 Å². The third-order valence-electron chi connectivity index (χ3n) is 4.59. The average molecular weight is 311 g/mol. The Hall–Kier alpha value is -1.06. The maximum Gasteiger partial charge on any atom is 0.251 e. The van der Waals surface area contributed by atoms with Gasteiger partial charge in [0.1, 0.15) is 0 Å². The highest BCUT2D eigenvalue weighted by Gasteiger charge is 2.34. The van der Waals surface area contributed by atoms with Crippen molar-refractivity contribution >= 4 is 18.3 Å². The van der Waals surface area contributed by atoms with Crippen LogP contribution in [0.5, 0.6) is 0 Å². The van der Waals surface area contributed by atoms with Gasteiger partial charge in [0.2, 0.25) is 0 Å². The van der Waals surface area contributed by atoms with Gasteiger partial charge in [0.25, 0.3) is 5.91 Å². The van der Waals surface area contributed by atoms with E-state index >= 15 is 0 Å². The Morgan fingerprint density at radius 3 is 2.48 bits per heavy atom. The minimum atomic E-state index is 0. The Labute approximate surface area is 134 Å². The maximum atomic E-state index is 12.3. The molecule has 1 aromatic carbocycles. The molecule has 1 aliphatic rings. The number of carbonyl (C=O) groups excluding carboxylic acids is 1. The number of carbonyl (C=O) groups is 1. The van der Waals surface area contributed by atoms with Gasteiger partial charge in [0.05, 0.1) is 0 Å². The van der Waals surface area contributed by atoms with Crippen LogP contribution in [0.2, 0.25) is 0 Å². The Balaban J connectivity index is 0.00000220. The zero-order valence-electron chi connectivity index (χ0n) is 13.3. The Morgan fingerprint density at radius 2 is 1.90 bits per heavy atom. The van der Waals surface area contributed by atoms with Gasteiger partial charge in [-0.25, -0.2) is 0 Å². The van der Waals surface area contributed by atoms with Gasteiger partial charge >= 0.3 is 0 Å². The molecule has 0 spiro atoms. The summed E-state index contributed by atoms with van der Waals surface area (Å²) in [5.74, 6) is 0.0421. The van der Waals surface area contributed by atoms with E-state index in [0.717, 1.165) is 17.7 Å². The summed E-state index contributed by atoms with van der Waals surface area (Å²) in [5, 5.41) is 3.14. The largest absolute Gasteiger partial charge is 0.350 e. The Kier molecular flexibility index (Phi) is 6.69. The van der Waals surface area contributed by atoms with Gasteiger partial charge in [-0.3, -0.25) is 4.79 Å². The van der Waals surface area contributed by atoms with Crippen LogP contribution in [0, 0.1) is 6.92 Å². The topological polar surface area (TPSA) is 32.3 Å². The number of aryl methyl sites for hydroxylation is 1. The molecule has 0 saturated heterocycles. The van der Waals surface area contributed by atoms with Crippen LogP contribution in [-0.2, 0) is 0 Å². The Morgan fingerprint density at radius 1 is 1.24 bits per heavy atom. The molecule has 1 amide bonds. The standard InChI is InChI=1S/C17H26N2O.ClH/c1-14-8-7-9-15(12-14)16(20)18-13-17(19(2)3)10-5-4-6-11-17;/h7-9,12H,4-6,10-11,13H2,1-3H3,(H,18,20);1H. The lowest BCUT2D eigenvalue weighted by molar-refractivity contribution is 0.0799. The second-order valence-corrected chi connectivity index (χ2v) is 6.23. The minimum absolute atomic E-state index is 0. The van der Waals surface area contributed by atoms with E-state index in [4.69, 9.17) is 0 Å². The molecule has 1 saturated carbocycles. The number of amides is 1. The number of nitrogens with zero attached hydrogens (tertiary/aromatic N) is 1. The number of hydrogen-bond donors (Lipinski definition) is 1. The first-order chi connectivity index (χ1) is 9.53. The normalized spacial score (nSPS) is 17.1. The quantitative estimate of drug-likeness (QED) is 0.924. The van der Waals surface area contributed by atoms with Crippen LogP contribution in [0.15, 0.2) is 24.3 Å². The van der Waals surface area contributed by atoms with Crippen LogP contribution in [-0.4, -0.2) is 37.0 Å². The monoisotopic (exact) mass is 310 g/mol. The summed E-state index contributed by atoms with van der Waals surface area (Å²) in [6.45, 7) is 2.76. The number of halogens is 1. The van der Waals surface area contributed by atoms with E-state index in [1.54, 1.807) is 0 Å². The SMILES string of the molecule is Cc1cccc(C(=O)NCC2(N(C)C)CCCCC2)c1.Cl. The van der Waals surface area contributed by atoms with Gasteiger partial charge in [-0.2, -0.15) is 0 Å². The highest BCUT2D eigenvalue weighted by atomic mass is 35.5. The molecule has 2 rings (SSSR count). The Bertz CT molecular complexity index is 468. The fourth-order valence-corrected chi connectivity index (χ4v) is 3.13. The van der Waals surface area contributed by atoms with E-state index < -0.39 is 0 Å². The molecular weight excluding hydrogens is 284 g/mol. The van der Waals surface area contributed by atoms with Gasteiger partial charge in [-0.15, -0.1) is 12.4 Å². The number of hydrogen-bond acceptors (Lipinski definition) is 2. The van der Waals surface area contributed by atoms with E-state index in [0.29, 0.717) is 0 Å². The molecule has 0 aliphatic heterocycles. The molecular formula is C17H27ClN2O. The second kappa shape index (κ2) is 7.81. The number of benzene rings is 1. The van der Waals surface area contributed by atoms with Crippen molar-refractivity contribution in [1.82, 2.24) is 10.2 Å². The lowest BCUT2D eigenvalue weighted by Crippen LogP contribution is -2.53. The van der Waals surface area contributed by atoms with Crippen LogP contribution in [0.3, 0.4) is 0 Å². The average Bonchev–Trinajstić information content (AvgIpc) is 2.45. The predicted octanol–water partition coefficient (Wildman–Crippen LogP) is 3.41. The summed E-state index contributed by atoms with van der Waals surface area (Å²) in [7, 11) is 4.26. The molecule has 0 aromatic heterocycles. The molecule has 0 heterocycles.